The Balaban J connectivity index is 2.41. The van der Waals surface area contributed by atoms with Crippen molar-refractivity contribution in [2.24, 2.45) is 5.73 Å². The summed E-state index contributed by atoms with van der Waals surface area (Å²) in [6.07, 6.45) is 0.629. The number of hydrogen-bond donors (Lipinski definition) is 2. The first-order valence-corrected chi connectivity index (χ1v) is 9.41. The fraction of sp³-hybridized carbons (Fsp3) is 0.500. The Labute approximate surface area is 125 Å². The van der Waals surface area contributed by atoms with Gasteiger partial charge in [-0.1, -0.05) is 0 Å². The smallest absolute Gasteiger partial charge is 0.243 e. The number of benzene rings is 1. The molecule has 1 heterocycles. The fourth-order valence-electron chi connectivity index (χ4n) is 2.32. The molecule has 1 aromatic carbocycles. The molecule has 1 fully saturated rings. The van der Waals surface area contributed by atoms with E-state index in [4.69, 9.17) is 5.73 Å². The third kappa shape index (κ3) is 3.11. The lowest BCUT2D eigenvalue weighted by Crippen LogP contribution is -2.32. The first-order valence-electron chi connectivity index (χ1n) is 6.48. The number of rotatable bonds is 4. The topological polar surface area (TPSA) is 110 Å². The molecule has 0 aliphatic carbocycles. The molecule has 0 spiro atoms. The van der Waals surface area contributed by atoms with Crippen molar-refractivity contribution in [2.45, 2.75) is 29.2 Å². The Morgan fingerprint density at radius 2 is 1.95 bits per heavy atom. The van der Waals surface area contributed by atoms with E-state index < -0.39 is 20.0 Å². The molecule has 7 nitrogen and oxygen atoms in total. The van der Waals surface area contributed by atoms with Gasteiger partial charge in [-0.2, -0.15) is 4.31 Å². The zero-order chi connectivity index (χ0) is 15.8. The number of hydrogen-bond acceptors (Lipinski definition) is 5. The quantitative estimate of drug-likeness (QED) is 0.781. The molecule has 1 saturated heterocycles. The van der Waals surface area contributed by atoms with Gasteiger partial charge in [0.05, 0.1) is 9.79 Å². The second-order valence-corrected chi connectivity index (χ2v) is 8.84. The first-order chi connectivity index (χ1) is 9.68. The molecule has 118 valence electrons. The van der Waals surface area contributed by atoms with E-state index in [0.717, 1.165) is 0 Å². The van der Waals surface area contributed by atoms with E-state index in [-0.39, 0.29) is 22.4 Å². The fourth-order valence-corrected chi connectivity index (χ4v) is 4.86. The third-order valence-corrected chi connectivity index (χ3v) is 6.97. The molecule has 0 bridgehead atoms. The molecule has 0 aromatic heterocycles. The highest BCUT2D eigenvalue weighted by atomic mass is 32.2. The van der Waals surface area contributed by atoms with Crippen LogP contribution in [0.3, 0.4) is 0 Å². The SMILES string of the molecule is CNS(=O)(=O)c1ccc(S(=O)(=O)N2CCC(N)C2)cc1C. The summed E-state index contributed by atoms with van der Waals surface area (Å²) in [5, 5.41) is 0. The van der Waals surface area contributed by atoms with Crippen molar-refractivity contribution >= 4 is 20.0 Å². The maximum absolute atomic E-state index is 12.5. The van der Waals surface area contributed by atoms with Crippen LogP contribution in [-0.2, 0) is 20.0 Å². The summed E-state index contributed by atoms with van der Waals surface area (Å²) in [7, 11) is -5.91. The molecule has 0 saturated carbocycles. The van der Waals surface area contributed by atoms with Crippen molar-refractivity contribution in [2.75, 3.05) is 20.1 Å². The Bertz CT molecular complexity index is 744. The van der Waals surface area contributed by atoms with E-state index in [0.29, 0.717) is 18.5 Å². The van der Waals surface area contributed by atoms with Gasteiger partial charge in [0.1, 0.15) is 0 Å². The average Bonchev–Trinajstić information content (AvgIpc) is 2.85. The van der Waals surface area contributed by atoms with Crippen LogP contribution >= 0.6 is 0 Å². The number of sulfonamides is 2. The molecule has 0 radical (unpaired) electrons. The number of nitrogens with two attached hydrogens (primary N) is 1. The van der Waals surface area contributed by atoms with Crippen molar-refractivity contribution < 1.29 is 16.8 Å². The molecular formula is C12H19N3O4S2. The minimum Gasteiger partial charge on any atom is -0.326 e. The van der Waals surface area contributed by atoms with Crippen LogP contribution < -0.4 is 10.5 Å². The first kappa shape index (κ1) is 16.4. The van der Waals surface area contributed by atoms with Crippen molar-refractivity contribution in [1.29, 1.82) is 0 Å². The highest BCUT2D eigenvalue weighted by molar-refractivity contribution is 7.89. The van der Waals surface area contributed by atoms with Gasteiger partial charge in [-0.15, -0.1) is 0 Å². The lowest BCUT2D eigenvalue weighted by molar-refractivity contribution is 0.472. The largest absolute Gasteiger partial charge is 0.326 e. The minimum absolute atomic E-state index is 0.0714. The minimum atomic E-state index is -3.62. The molecule has 21 heavy (non-hydrogen) atoms. The van der Waals surface area contributed by atoms with Gasteiger partial charge >= 0.3 is 0 Å². The van der Waals surface area contributed by atoms with Crippen molar-refractivity contribution in [3.05, 3.63) is 23.8 Å². The van der Waals surface area contributed by atoms with Crippen LogP contribution in [0.25, 0.3) is 0 Å². The Morgan fingerprint density at radius 1 is 1.29 bits per heavy atom. The highest BCUT2D eigenvalue weighted by Crippen LogP contribution is 2.24. The van der Waals surface area contributed by atoms with Gasteiger partial charge in [0.15, 0.2) is 0 Å². The zero-order valence-electron chi connectivity index (χ0n) is 11.9. The summed E-state index contributed by atoms with van der Waals surface area (Å²) in [6, 6.07) is 3.86. The Hall–Kier alpha value is -1.00. The summed E-state index contributed by atoms with van der Waals surface area (Å²) in [6.45, 7) is 2.25. The molecule has 9 heteroatoms. The molecule has 1 aliphatic rings. The van der Waals surface area contributed by atoms with Gasteiger partial charge in [-0.3, -0.25) is 0 Å². The summed E-state index contributed by atoms with van der Waals surface area (Å²) >= 11 is 0. The summed E-state index contributed by atoms with van der Waals surface area (Å²) in [4.78, 5) is 0.159. The van der Waals surface area contributed by atoms with E-state index in [1.54, 1.807) is 6.92 Å². The average molecular weight is 333 g/mol. The van der Waals surface area contributed by atoms with E-state index in [2.05, 4.69) is 4.72 Å². The molecule has 1 atom stereocenters. The number of nitrogens with zero attached hydrogens (tertiary/aromatic N) is 1. The van der Waals surface area contributed by atoms with Crippen LogP contribution in [0, 0.1) is 6.92 Å². The van der Waals surface area contributed by atoms with Gasteiger partial charge < -0.3 is 5.73 Å². The molecule has 0 amide bonds. The van der Waals surface area contributed by atoms with Crippen molar-refractivity contribution in [3.63, 3.8) is 0 Å². The molecule has 1 unspecified atom stereocenters. The van der Waals surface area contributed by atoms with Gasteiger partial charge in [-0.25, -0.2) is 21.6 Å². The van der Waals surface area contributed by atoms with Gasteiger partial charge in [0, 0.05) is 19.1 Å². The highest BCUT2D eigenvalue weighted by Gasteiger charge is 2.31. The third-order valence-electron chi connectivity index (χ3n) is 3.53. The van der Waals surface area contributed by atoms with Crippen LogP contribution in [0.15, 0.2) is 28.0 Å². The Kier molecular flexibility index (Phi) is 4.41. The summed E-state index contributed by atoms with van der Waals surface area (Å²) in [5.41, 5.74) is 6.12. The molecule has 1 aliphatic heterocycles. The lowest BCUT2D eigenvalue weighted by atomic mass is 10.2. The Morgan fingerprint density at radius 3 is 2.43 bits per heavy atom. The summed E-state index contributed by atoms with van der Waals surface area (Å²) in [5.74, 6) is 0. The van der Waals surface area contributed by atoms with E-state index >= 15 is 0 Å². The maximum atomic E-state index is 12.5. The van der Waals surface area contributed by atoms with Gasteiger partial charge in [-0.05, 0) is 44.2 Å². The standard InChI is InChI=1S/C12H19N3O4S2/c1-9-7-11(3-4-12(9)20(16,17)14-2)21(18,19)15-6-5-10(13)8-15/h3-4,7,10,14H,5-6,8,13H2,1-2H3. The van der Waals surface area contributed by atoms with Crippen LogP contribution in [0.4, 0.5) is 0 Å². The lowest BCUT2D eigenvalue weighted by Gasteiger charge is -2.17. The molecule has 3 N–H and O–H groups in total. The predicted molar refractivity (Wildman–Crippen MR) is 78.8 cm³/mol. The van der Waals surface area contributed by atoms with Crippen LogP contribution in [-0.4, -0.2) is 47.3 Å². The van der Waals surface area contributed by atoms with Crippen LogP contribution in [0.2, 0.25) is 0 Å². The second kappa shape index (κ2) is 5.65. The maximum Gasteiger partial charge on any atom is 0.243 e. The van der Waals surface area contributed by atoms with Crippen LogP contribution in [0.1, 0.15) is 12.0 Å². The van der Waals surface area contributed by atoms with E-state index in [9.17, 15) is 16.8 Å². The van der Waals surface area contributed by atoms with Gasteiger partial charge in [0.2, 0.25) is 20.0 Å². The van der Waals surface area contributed by atoms with Gasteiger partial charge in [0.25, 0.3) is 0 Å². The zero-order valence-corrected chi connectivity index (χ0v) is 13.5. The second-order valence-electron chi connectivity index (χ2n) is 5.05. The number of aryl methyl sites for hydroxylation is 1. The van der Waals surface area contributed by atoms with E-state index in [1.807, 2.05) is 0 Å². The molecular weight excluding hydrogens is 314 g/mol. The molecule has 1 aromatic rings. The normalized spacial score (nSPS) is 20.8. The predicted octanol–water partition coefficient (Wildman–Crippen LogP) is -0.375. The number of nitrogens with one attached hydrogen (secondary N) is 1. The molecule has 2 rings (SSSR count). The monoisotopic (exact) mass is 333 g/mol. The van der Waals surface area contributed by atoms with Crippen molar-refractivity contribution in [3.8, 4) is 0 Å². The summed E-state index contributed by atoms with van der Waals surface area (Å²) < 4.78 is 52.1. The van der Waals surface area contributed by atoms with Crippen molar-refractivity contribution in [1.82, 2.24) is 9.03 Å². The van der Waals surface area contributed by atoms with E-state index in [1.165, 1.54) is 29.6 Å². The van der Waals surface area contributed by atoms with Crippen LogP contribution in [0.5, 0.6) is 0 Å².